The van der Waals surface area contributed by atoms with E-state index in [9.17, 15) is 4.79 Å². The van der Waals surface area contributed by atoms with Gasteiger partial charge < -0.3 is 14.6 Å². The van der Waals surface area contributed by atoms with Gasteiger partial charge in [-0.3, -0.25) is 9.69 Å². The molecule has 0 bridgehead atoms. The van der Waals surface area contributed by atoms with E-state index in [0.717, 1.165) is 17.4 Å². The summed E-state index contributed by atoms with van der Waals surface area (Å²) >= 11 is 1.41. The summed E-state index contributed by atoms with van der Waals surface area (Å²) in [7, 11) is 5.71. The van der Waals surface area contributed by atoms with Crippen LogP contribution in [0.4, 0.5) is 0 Å². The minimum atomic E-state index is -0.0347. The number of rotatable bonds is 11. The van der Waals surface area contributed by atoms with Crippen molar-refractivity contribution in [2.45, 2.75) is 31.1 Å². The average Bonchev–Trinajstić information content (AvgIpc) is 3.04. The molecule has 1 heterocycles. The fourth-order valence-electron chi connectivity index (χ4n) is 2.82. The summed E-state index contributed by atoms with van der Waals surface area (Å²) < 4.78 is 7.07. The van der Waals surface area contributed by atoms with Crippen LogP contribution in [0.1, 0.15) is 30.8 Å². The van der Waals surface area contributed by atoms with Gasteiger partial charge in [-0.15, -0.1) is 10.2 Å². The molecule has 1 aromatic carbocycles. The third-order valence-electron chi connectivity index (χ3n) is 4.20. The van der Waals surface area contributed by atoms with E-state index in [2.05, 4.69) is 44.0 Å². The number of nitrogens with one attached hydrogen (secondary N) is 1. The number of carbonyl (C=O) groups excluding carboxylic acids is 1. The van der Waals surface area contributed by atoms with E-state index < -0.39 is 0 Å². The van der Waals surface area contributed by atoms with Crippen LogP contribution < -0.4 is 5.32 Å². The summed E-state index contributed by atoms with van der Waals surface area (Å²) in [5.41, 5.74) is 1.18. The van der Waals surface area contributed by atoms with Crippen molar-refractivity contribution < 1.29 is 9.53 Å². The molecular formula is C19H29N5O2S. The highest BCUT2D eigenvalue weighted by Gasteiger charge is 2.22. The van der Waals surface area contributed by atoms with E-state index >= 15 is 0 Å². The fourth-order valence-corrected chi connectivity index (χ4v) is 3.59. The SMILES string of the molecule is CC[C@H](c1nnc(SCC(=O)NCCOC)n1Cc1ccccc1)N(C)C. The van der Waals surface area contributed by atoms with Gasteiger partial charge in [0.1, 0.15) is 0 Å². The fraction of sp³-hybridized carbons (Fsp3) is 0.526. The number of amides is 1. The first kappa shape index (κ1) is 21.4. The van der Waals surface area contributed by atoms with Gasteiger partial charge in [-0.1, -0.05) is 49.0 Å². The molecule has 0 unspecified atom stereocenters. The lowest BCUT2D eigenvalue weighted by Crippen LogP contribution is -2.28. The van der Waals surface area contributed by atoms with Crippen LogP contribution in [0.2, 0.25) is 0 Å². The number of benzene rings is 1. The van der Waals surface area contributed by atoms with Gasteiger partial charge in [0, 0.05) is 13.7 Å². The summed E-state index contributed by atoms with van der Waals surface area (Å²) in [5, 5.41) is 12.4. The van der Waals surface area contributed by atoms with Crippen molar-refractivity contribution in [1.82, 2.24) is 25.0 Å². The maximum Gasteiger partial charge on any atom is 0.230 e. The molecule has 1 amide bonds. The van der Waals surface area contributed by atoms with Gasteiger partial charge in [-0.2, -0.15) is 0 Å². The lowest BCUT2D eigenvalue weighted by molar-refractivity contribution is -0.118. The Kier molecular flexibility index (Phi) is 8.77. The third kappa shape index (κ3) is 6.34. The quantitative estimate of drug-likeness (QED) is 0.468. The van der Waals surface area contributed by atoms with E-state index in [1.165, 1.54) is 17.3 Å². The Labute approximate surface area is 165 Å². The second-order valence-corrected chi connectivity index (χ2v) is 7.37. The van der Waals surface area contributed by atoms with Gasteiger partial charge in [0.2, 0.25) is 5.91 Å². The second-order valence-electron chi connectivity index (χ2n) is 6.43. The first-order valence-electron chi connectivity index (χ1n) is 9.08. The van der Waals surface area contributed by atoms with Crippen LogP contribution in [-0.2, 0) is 16.1 Å². The zero-order valence-corrected chi connectivity index (χ0v) is 17.3. The molecule has 2 rings (SSSR count). The van der Waals surface area contributed by atoms with Crippen molar-refractivity contribution >= 4 is 17.7 Å². The Morgan fingerprint density at radius 2 is 2.04 bits per heavy atom. The normalized spacial score (nSPS) is 12.3. The summed E-state index contributed by atoms with van der Waals surface area (Å²) in [5.74, 6) is 1.19. The molecule has 0 saturated carbocycles. The number of hydrogen-bond acceptors (Lipinski definition) is 6. The highest BCUT2D eigenvalue weighted by molar-refractivity contribution is 7.99. The Balaban J connectivity index is 2.18. The number of carbonyl (C=O) groups is 1. The Hall–Kier alpha value is -1.90. The summed E-state index contributed by atoms with van der Waals surface area (Å²) in [6, 6.07) is 10.4. The predicted molar refractivity (Wildman–Crippen MR) is 108 cm³/mol. The molecule has 0 aliphatic heterocycles. The summed E-state index contributed by atoms with van der Waals surface area (Å²) in [6.45, 7) is 3.84. The molecule has 0 aliphatic rings. The number of hydrogen-bond donors (Lipinski definition) is 1. The number of nitrogens with zero attached hydrogens (tertiary/aromatic N) is 4. The lowest BCUT2D eigenvalue weighted by Gasteiger charge is -2.23. The van der Waals surface area contributed by atoms with Crippen LogP contribution >= 0.6 is 11.8 Å². The van der Waals surface area contributed by atoms with Gasteiger partial charge in [0.15, 0.2) is 11.0 Å². The standard InChI is InChI=1S/C19H29N5O2S/c1-5-16(23(2)3)18-21-22-19(27-14-17(25)20-11-12-26-4)24(18)13-15-9-7-6-8-10-15/h6-10,16H,5,11-14H2,1-4H3,(H,20,25)/t16-/m1/s1. The van der Waals surface area contributed by atoms with E-state index in [0.29, 0.717) is 25.4 Å². The number of thioether (sulfide) groups is 1. The summed E-state index contributed by atoms with van der Waals surface area (Å²) in [6.07, 6.45) is 0.933. The topological polar surface area (TPSA) is 72.3 Å². The number of methoxy groups -OCH3 is 1. The summed E-state index contributed by atoms with van der Waals surface area (Å²) in [4.78, 5) is 14.2. The molecule has 1 aromatic heterocycles. The van der Waals surface area contributed by atoms with Gasteiger partial charge in [-0.05, 0) is 26.1 Å². The highest BCUT2D eigenvalue weighted by Crippen LogP contribution is 2.26. The highest BCUT2D eigenvalue weighted by atomic mass is 32.2. The van der Waals surface area contributed by atoms with Crippen molar-refractivity contribution in [2.24, 2.45) is 0 Å². The molecule has 0 saturated heterocycles. The molecule has 0 radical (unpaired) electrons. The lowest BCUT2D eigenvalue weighted by atomic mass is 10.2. The molecule has 1 atom stereocenters. The molecule has 1 N–H and O–H groups in total. The van der Waals surface area contributed by atoms with Crippen LogP contribution in [-0.4, -0.2) is 65.7 Å². The molecule has 0 aliphatic carbocycles. The largest absolute Gasteiger partial charge is 0.383 e. The van der Waals surface area contributed by atoms with E-state index in [1.54, 1.807) is 7.11 Å². The zero-order chi connectivity index (χ0) is 19.6. The van der Waals surface area contributed by atoms with Gasteiger partial charge in [-0.25, -0.2) is 0 Å². The van der Waals surface area contributed by atoms with E-state index in [1.807, 2.05) is 32.3 Å². The zero-order valence-electron chi connectivity index (χ0n) is 16.5. The first-order valence-corrected chi connectivity index (χ1v) is 10.1. The molecule has 148 valence electrons. The third-order valence-corrected chi connectivity index (χ3v) is 5.16. The van der Waals surface area contributed by atoms with Crippen LogP contribution in [0.15, 0.2) is 35.5 Å². The monoisotopic (exact) mass is 391 g/mol. The van der Waals surface area contributed by atoms with Crippen molar-refractivity contribution in [3.8, 4) is 0 Å². The predicted octanol–water partition coefficient (Wildman–Crippen LogP) is 2.19. The maximum atomic E-state index is 12.0. The van der Waals surface area contributed by atoms with Crippen molar-refractivity contribution in [3.63, 3.8) is 0 Å². The Bertz CT molecular complexity index is 705. The average molecular weight is 392 g/mol. The molecule has 0 spiro atoms. The minimum Gasteiger partial charge on any atom is -0.383 e. The van der Waals surface area contributed by atoms with E-state index in [4.69, 9.17) is 4.74 Å². The second kappa shape index (κ2) is 11.1. The minimum absolute atomic E-state index is 0.0347. The number of aromatic nitrogens is 3. The number of ether oxygens (including phenoxy) is 1. The van der Waals surface area contributed by atoms with Crippen LogP contribution in [0.25, 0.3) is 0 Å². The molecule has 0 fully saturated rings. The Morgan fingerprint density at radius 3 is 2.67 bits per heavy atom. The molecule has 2 aromatic rings. The van der Waals surface area contributed by atoms with Crippen molar-refractivity contribution in [2.75, 3.05) is 40.1 Å². The molecule has 7 nitrogen and oxygen atoms in total. The smallest absolute Gasteiger partial charge is 0.230 e. The molecule has 8 heteroatoms. The van der Waals surface area contributed by atoms with Crippen molar-refractivity contribution in [1.29, 1.82) is 0 Å². The van der Waals surface area contributed by atoms with Crippen molar-refractivity contribution in [3.05, 3.63) is 41.7 Å². The maximum absolute atomic E-state index is 12.0. The Morgan fingerprint density at radius 1 is 1.30 bits per heavy atom. The van der Waals surface area contributed by atoms with Gasteiger partial charge >= 0.3 is 0 Å². The van der Waals surface area contributed by atoms with Crippen LogP contribution in [0, 0.1) is 0 Å². The first-order chi connectivity index (χ1) is 13.1. The van der Waals surface area contributed by atoms with Gasteiger partial charge in [0.05, 0.1) is 24.9 Å². The van der Waals surface area contributed by atoms with E-state index in [-0.39, 0.29) is 11.9 Å². The van der Waals surface area contributed by atoms with Gasteiger partial charge in [0.25, 0.3) is 0 Å². The van der Waals surface area contributed by atoms with Crippen LogP contribution in [0.5, 0.6) is 0 Å². The molecule has 27 heavy (non-hydrogen) atoms. The van der Waals surface area contributed by atoms with Crippen LogP contribution in [0.3, 0.4) is 0 Å². The molecular weight excluding hydrogens is 362 g/mol.